The summed E-state index contributed by atoms with van der Waals surface area (Å²) in [5.74, 6) is 2.15. The molecular formula is C28H28N2O5. The molecule has 0 aliphatic rings. The summed E-state index contributed by atoms with van der Waals surface area (Å²) in [6.45, 7) is 5.76. The van der Waals surface area contributed by atoms with E-state index in [1.807, 2.05) is 51.1 Å². The second-order valence-electron chi connectivity index (χ2n) is 8.22. The molecule has 7 nitrogen and oxygen atoms in total. The van der Waals surface area contributed by atoms with E-state index < -0.39 is 0 Å². The number of allylic oxidation sites excluding steroid dienone is 1. The van der Waals surface area contributed by atoms with Crippen molar-refractivity contribution in [2.45, 2.75) is 20.8 Å². The summed E-state index contributed by atoms with van der Waals surface area (Å²) in [5.41, 5.74) is 5.95. The van der Waals surface area contributed by atoms with E-state index in [1.165, 1.54) is 0 Å². The van der Waals surface area contributed by atoms with Crippen LogP contribution in [0.25, 0.3) is 27.7 Å². The van der Waals surface area contributed by atoms with Crippen molar-refractivity contribution in [3.8, 4) is 28.4 Å². The second-order valence-corrected chi connectivity index (χ2v) is 8.22. The highest BCUT2D eigenvalue weighted by molar-refractivity contribution is 6.05. The van der Waals surface area contributed by atoms with Crippen molar-refractivity contribution in [3.05, 3.63) is 71.6 Å². The van der Waals surface area contributed by atoms with Gasteiger partial charge in [-0.05, 0) is 61.7 Å². The molecule has 0 unspecified atom stereocenters. The van der Waals surface area contributed by atoms with E-state index in [0.717, 1.165) is 44.4 Å². The SMILES string of the molecule is COc1ccc(-c2coc3c(C)c(OC)c(/C(C)=C/C(=O)Nc4ccc(C)cn4)cc23)cc1OC. The summed E-state index contributed by atoms with van der Waals surface area (Å²) in [7, 11) is 4.82. The number of nitrogens with zero attached hydrogens (tertiary/aromatic N) is 1. The molecule has 180 valence electrons. The zero-order valence-electron chi connectivity index (χ0n) is 20.7. The number of aromatic nitrogens is 1. The lowest BCUT2D eigenvalue weighted by molar-refractivity contribution is -0.111. The van der Waals surface area contributed by atoms with Crippen LogP contribution in [-0.2, 0) is 4.79 Å². The topological polar surface area (TPSA) is 82.8 Å². The monoisotopic (exact) mass is 472 g/mol. The van der Waals surface area contributed by atoms with Gasteiger partial charge in [0.05, 0.1) is 27.6 Å². The first-order chi connectivity index (χ1) is 16.9. The van der Waals surface area contributed by atoms with Crippen LogP contribution in [0.4, 0.5) is 5.82 Å². The molecule has 0 radical (unpaired) electrons. The summed E-state index contributed by atoms with van der Waals surface area (Å²) in [5, 5.41) is 3.70. The number of ether oxygens (including phenoxy) is 3. The summed E-state index contributed by atoms with van der Waals surface area (Å²) >= 11 is 0. The maximum atomic E-state index is 12.7. The van der Waals surface area contributed by atoms with Gasteiger partial charge in [-0.25, -0.2) is 4.98 Å². The third-order valence-electron chi connectivity index (χ3n) is 5.88. The lowest BCUT2D eigenvalue weighted by Crippen LogP contribution is -2.10. The van der Waals surface area contributed by atoms with Gasteiger partial charge in [-0.1, -0.05) is 12.1 Å². The minimum atomic E-state index is -0.272. The second kappa shape index (κ2) is 9.93. The molecule has 0 fully saturated rings. The highest BCUT2D eigenvalue weighted by Gasteiger charge is 2.19. The van der Waals surface area contributed by atoms with E-state index in [-0.39, 0.29) is 5.91 Å². The molecule has 2 aromatic carbocycles. The van der Waals surface area contributed by atoms with Crippen LogP contribution in [0.1, 0.15) is 23.6 Å². The van der Waals surface area contributed by atoms with E-state index in [4.69, 9.17) is 18.6 Å². The van der Waals surface area contributed by atoms with Gasteiger partial charge in [0, 0.05) is 34.3 Å². The zero-order valence-corrected chi connectivity index (χ0v) is 20.7. The van der Waals surface area contributed by atoms with Gasteiger partial charge in [-0.15, -0.1) is 0 Å². The molecule has 0 spiro atoms. The molecular weight excluding hydrogens is 444 g/mol. The summed E-state index contributed by atoms with van der Waals surface area (Å²) in [6, 6.07) is 11.4. The molecule has 1 N–H and O–H groups in total. The maximum Gasteiger partial charge on any atom is 0.249 e. The van der Waals surface area contributed by atoms with Crippen molar-refractivity contribution >= 4 is 28.3 Å². The molecule has 4 rings (SSSR count). The Bertz CT molecular complexity index is 1420. The van der Waals surface area contributed by atoms with Crippen LogP contribution in [0.3, 0.4) is 0 Å². The predicted octanol–water partition coefficient (Wildman–Crippen LogP) is 6.18. The Kier molecular flexibility index (Phi) is 6.78. The van der Waals surface area contributed by atoms with E-state index in [9.17, 15) is 4.79 Å². The average molecular weight is 473 g/mol. The normalized spacial score (nSPS) is 11.4. The fourth-order valence-corrected chi connectivity index (χ4v) is 4.08. The molecule has 1 amide bonds. The number of benzene rings is 2. The smallest absolute Gasteiger partial charge is 0.249 e. The van der Waals surface area contributed by atoms with Gasteiger partial charge in [0.25, 0.3) is 0 Å². The van der Waals surface area contributed by atoms with Crippen molar-refractivity contribution in [1.29, 1.82) is 0 Å². The van der Waals surface area contributed by atoms with Crippen LogP contribution in [-0.4, -0.2) is 32.2 Å². The van der Waals surface area contributed by atoms with Crippen LogP contribution in [0.2, 0.25) is 0 Å². The molecule has 0 aliphatic heterocycles. The Morgan fingerprint density at radius 3 is 2.43 bits per heavy atom. The minimum absolute atomic E-state index is 0.272. The largest absolute Gasteiger partial charge is 0.496 e. The zero-order chi connectivity index (χ0) is 25.1. The first kappa shape index (κ1) is 23.9. The van der Waals surface area contributed by atoms with Crippen molar-refractivity contribution in [2.75, 3.05) is 26.6 Å². The first-order valence-corrected chi connectivity index (χ1v) is 11.1. The first-order valence-electron chi connectivity index (χ1n) is 11.1. The number of methoxy groups -OCH3 is 3. The van der Waals surface area contributed by atoms with Crippen molar-refractivity contribution in [2.24, 2.45) is 0 Å². The number of hydrogen-bond acceptors (Lipinski definition) is 6. The summed E-state index contributed by atoms with van der Waals surface area (Å²) in [4.78, 5) is 16.9. The predicted molar refractivity (Wildman–Crippen MR) is 137 cm³/mol. The number of nitrogens with one attached hydrogen (secondary N) is 1. The molecule has 4 aromatic rings. The van der Waals surface area contributed by atoms with Crippen molar-refractivity contribution < 1.29 is 23.4 Å². The van der Waals surface area contributed by atoms with Crippen LogP contribution in [0.5, 0.6) is 17.2 Å². The number of pyridine rings is 1. The average Bonchev–Trinajstić information content (AvgIpc) is 3.29. The van der Waals surface area contributed by atoms with E-state index in [2.05, 4.69) is 10.3 Å². The Morgan fingerprint density at radius 1 is 1.00 bits per heavy atom. The maximum absolute atomic E-state index is 12.7. The molecule has 0 saturated carbocycles. The number of anilines is 1. The summed E-state index contributed by atoms with van der Waals surface area (Å²) in [6.07, 6.45) is 4.97. The molecule has 35 heavy (non-hydrogen) atoms. The quantitative estimate of drug-likeness (QED) is 0.324. The molecule has 2 aromatic heterocycles. The van der Waals surface area contributed by atoms with Gasteiger partial charge < -0.3 is 23.9 Å². The van der Waals surface area contributed by atoms with Gasteiger partial charge in [-0.2, -0.15) is 0 Å². The standard InChI is InChI=1S/C28H28N2O5/c1-16-7-10-25(29-14-16)30-26(31)11-17(2)20-13-21-22(15-35-28(21)18(3)27(20)34-6)19-8-9-23(32-4)24(12-19)33-5/h7-15H,1-6H3,(H,29,30,31)/b17-11+. The van der Waals surface area contributed by atoms with E-state index >= 15 is 0 Å². The highest BCUT2D eigenvalue weighted by Crippen LogP contribution is 2.42. The van der Waals surface area contributed by atoms with Crippen LogP contribution >= 0.6 is 0 Å². The molecule has 0 bridgehead atoms. The molecule has 0 saturated heterocycles. The van der Waals surface area contributed by atoms with Crippen molar-refractivity contribution in [3.63, 3.8) is 0 Å². The number of rotatable bonds is 7. The third-order valence-corrected chi connectivity index (χ3v) is 5.88. The Balaban J connectivity index is 1.77. The Morgan fingerprint density at radius 2 is 1.77 bits per heavy atom. The van der Waals surface area contributed by atoms with E-state index in [1.54, 1.807) is 45.9 Å². The molecule has 0 atom stereocenters. The number of amides is 1. The number of fused-ring (bicyclic) bond motifs is 1. The van der Waals surface area contributed by atoms with Crippen LogP contribution in [0.15, 0.2) is 59.4 Å². The van der Waals surface area contributed by atoms with Gasteiger partial charge in [-0.3, -0.25) is 4.79 Å². The molecule has 2 heterocycles. The van der Waals surface area contributed by atoms with Crippen LogP contribution < -0.4 is 19.5 Å². The minimum Gasteiger partial charge on any atom is -0.496 e. The van der Waals surface area contributed by atoms with E-state index in [0.29, 0.717) is 23.1 Å². The molecule has 0 aliphatic carbocycles. The fourth-order valence-electron chi connectivity index (χ4n) is 4.08. The van der Waals surface area contributed by atoms with Gasteiger partial charge in [0.1, 0.15) is 17.2 Å². The number of furan rings is 1. The molecule has 7 heteroatoms. The number of carbonyl (C=O) groups excluding carboxylic acids is 1. The van der Waals surface area contributed by atoms with Crippen LogP contribution in [0, 0.1) is 13.8 Å². The Labute approximate surface area is 204 Å². The lowest BCUT2D eigenvalue weighted by Gasteiger charge is -2.14. The number of aryl methyl sites for hydroxylation is 2. The lowest BCUT2D eigenvalue weighted by atomic mass is 9.96. The van der Waals surface area contributed by atoms with Gasteiger partial charge in [0.15, 0.2) is 11.5 Å². The third kappa shape index (κ3) is 4.71. The van der Waals surface area contributed by atoms with Gasteiger partial charge >= 0.3 is 0 Å². The number of hydrogen-bond donors (Lipinski definition) is 1. The Hall–Kier alpha value is -4.26. The highest BCUT2D eigenvalue weighted by atomic mass is 16.5. The number of carbonyl (C=O) groups is 1. The summed E-state index contributed by atoms with van der Waals surface area (Å²) < 4.78 is 22.5. The fraction of sp³-hybridized carbons (Fsp3) is 0.214. The van der Waals surface area contributed by atoms with Crippen molar-refractivity contribution in [1.82, 2.24) is 4.98 Å². The van der Waals surface area contributed by atoms with Gasteiger partial charge in [0.2, 0.25) is 5.91 Å².